The van der Waals surface area contributed by atoms with Crippen LogP contribution in [0.5, 0.6) is 0 Å². The first-order valence-electron chi connectivity index (χ1n) is 6.86. The molecule has 2 heterocycles. The molecule has 3 rings (SSSR count). The van der Waals surface area contributed by atoms with Gasteiger partial charge in [0.15, 0.2) is 0 Å². The minimum atomic E-state index is -3.40. The second-order valence-electron chi connectivity index (χ2n) is 5.48. The van der Waals surface area contributed by atoms with Gasteiger partial charge in [0.05, 0.1) is 5.88 Å². The predicted molar refractivity (Wildman–Crippen MR) is 82.9 cm³/mol. The summed E-state index contributed by atoms with van der Waals surface area (Å²) in [6, 6.07) is 2.30. The fourth-order valence-electron chi connectivity index (χ4n) is 2.61. The molecule has 0 spiro atoms. The van der Waals surface area contributed by atoms with E-state index in [0.29, 0.717) is 16.8 Å². The van der Waals surface area contributed by atoms with Crippen LogP contribution in [0, 0.1) is 0 Å². The number of sulfonamides is 1. The van der Waals surface area contributed by atoms with Gasteiger partial charge < -0.3 is 4.57 Å². The number of aromatic nitrogens is 1. The van der Waals surface area contributed by atoms with Crippen molar-refractivity contribution in [3.8, 4) is 0 Å². The summed E-state index contributed by atoms with van der Waals surface area (Å²) in [7, 11) is -1.70. The van der Waals surface area contributed by atoms with Gasteiger partial charge in [-0.05, 0) is 31.1 Å². The van der Waals surface area contributed by atoms with E-state index in [1.165, 1.54) is 4.31 Å². The summed E-state index contributed by atoms with van der Waals surface area (Å²) < 4.78 is 29.0. The Bertz CT molecular complexity index is 590. The third-order valence-electron chi connectivity index (χ3n) is 4.08. The van der Waals surface area contributed by atoms with Gasteiger partial charge in [0.25, 0.3) is 0 Å². The van der Waals surface area contributed by atoms with E-state index in [2.05, 4.69) is 0 Å². The van der Waals surface area contributed by atoms with E-state index in [0.717, 1.165) is 36.5 Å². The molecular formula is C13H19ClN2O2S2. The molecule has 1 unspecified atom stereocenters. The van der Waals surface area contributed by atoms with Crippen molar-refractivity contribution in [2.24, 2.45) is 0 Å². The van der Waals surface area contributed by atoms with Gasteiger partial charge in [-0.15, -0.1) is 11.6 Å². The maximum atomic E-state index is 12.7. The molecule has 1 atom stereocenters. The summed E-state index contributed by atoms with van der Waals surface area (Å²) >= 11 is 7.76. The molecule has 1 saturated carbocycles. The molecule has 0 radical (unpaired) electrons. The van der Waals surface area contributed by atoms with Crippen molar-refractivity contribution >= 4 is 33.4 Å². The van der Waals surface area contributed by atoms with Gasteiger partial charge >= 0.3 is 0 Å². The van der Waals surface area contributed by atoms with Gasteiger partial charge in [-0.1, -0.05) is 0 Å². The number of nitrogens with zero attached hydrogens (tertiary/aromatic N) is 2. The molecule has 7 heteroatoms. The lowest BCUT2D eigenvalue weighted by molar-refractivity contribution is 0.394. The monoisotopic (exact) mass is 334 g/mol. The van der Waals surface area contributed by atoms with E-state index in [9.17, 15) is 8.42 Å². The van der Waals surface area contributed by atoms with Crippen LogP contribution in [0.25, 0.3) is 0 Å². The van der Waals surface area contributed by atoms with Crippen LogP contribution in [-0.2, 0) is 15.9 Å². The lowest BCUT2D eigenvalue weighted by Gasteiger charge is -2.22. The number of thioether (sulfide) groups is 1. The molecule has 2 aliphatic rings. The largest absolute Gasteiger partial charge is 0.346 e. The molecule has 1 aliphatic carbocycles. The molecule has 0 N–H and O–H groups in total. The van der Waals surface area contributed by atoms with E-state index < -0.39 is 10.0 Å². The summed E-state index contributed by atoms with van der Waals surface area (Å²) in [6.07, 6.45) is 4.94. The number of alkyl halides is 1. The average molecular weight is 335 g/mol. The summed E-state index contributed by atoms with van der Waals surface area (Å²) in [5.74, 6) is 2.29. The normalized spacial score (nSPS) is 23.6. The lowest BCUT2D eigenvalue weighted by Crippen LogP contribution is -2.36. The molecule has 1 aromatic heterocycles. The van der Waals surface area contributed by atoms with Gasteiger partial charge in [0, 0.05) is 36.8 Å². The van der Waals surface area contributed by atoms with Crippen LogP contribution in [0.3, 0.4) is 0 Å². The first kappa shape index (κ1) is 14.8. The van der Waals surface area contributed by atoms with Crippen LogP contribution in [0.1, 0.15) is 31.0 Å². The summed E-state index contributed by atoms with van der Waals surface area (Å²) in [5.41, 5.74) is 0.905. The number of rotatable bonds is 5. The van der Waals surface area contributed by atoms with Crippen molar-refractivity contribution in [3.63, 3.8) is 0 Å². The Labute approximate surface area is 129 Å². The predicted octanol–water partition coefficient (Wildman–Crippen LogP) is 2.69. The number of halogens is 1. The number of hydrogen-bond acceptors (Lipinski definition) is 3. The van der Waals surface area contributed by atoms with E-state index in [1.54, 1.807) is 19.3 Å². The van der Waals surface area contributed by atoms with Crippen LogP contribution in [0.4, 0.5) is 0 Å². The van der Waals surface area contributed by atoms with Gasteiger partial charge in [-0.25, -0.2) is 8.42 Å². The van der Waals surface area contributed by atoms with Gasteiger partial charge in [-0.3, -0.25) is 0 Å². The van der Waals surface area contributed by atoms with Crippen LogP contribution >= 0.6 is 23.4 Å². The minimum absolute atomic E-state index is 0.119. The third kappa shape index (κ3) is 2.63. The van der Waals surface area contributed by atoms with Crippen LogP contribution in [0.15, 0.2) is 17.2 Å². The molecule has 20 heavy (non-hydrogen) atoms. The maximum absolute atomic E-state index is 12.7. The highest BCUT2D eigenvalue weighted by Crippen LogP contribution is 2.38. The second-order valence-corrected chi connectivity index (χ2v) is 8.89. The number of hydrogen-bond donors (Lipinski definition) is 0. The topological polar surface area (TPSA) is 42.3 Å². The molecule has 2 fully saturated rings. The van der Waals surface area contributed by atoms with Crippen LogP contribution < -0.4 is 0 Å². The second kappa shape index (κ2) is 5.55. The highest BCUT2D eigenvalue weighted by molar-refractivity contribution is 7.99. The Hall–Kier alpha value is -0.170. The van der Waals surface area contributed by atoms with Crippen molar-refractivity contribution in [3.05, 3.63) is 18.0 Å². The SMILES string of the molecule is CN(C1CCSC1)S(=O)(=O)c1cc(CCl)n(C2CC2)c1. The molecule has 1 aromatic rings. The van der Waals surface area contributed by atoms with Crippen molar-refractivity contribution in [2.75, 3.05) is 18.6 Å². The highest BCUT2D eigenvalue weighted by atomic mass is 35.5. The Morgan fingerprint density at radius 1 is 1.45 bits per heavy atom. The Morgan fingerprint density at radius 3 is 2.75 bits per heavy atom. The van der Waals surface area contributed by atoms with Crippen LogP contribution in [-0.4, -0.2) is 41.9 Å². The fourth-order valence-corrected chi connectivity index (χ4v) is 5.62. The summed E-state index contributed by atoms with van der Waals surface area (Å²) in [5, 5.41) is 0. The molecular weight excluding hydrogens is 316 g/mol. The van der Waals surface area contributed by atoms with E-state index in [1.807, 2.05) is 16.3 Å². The van der Waals surface area contributed by atoms with Gasteiger partial charge in [0.1, 0.15) is 4.90 Å². The van der Waals surface area contributed by atoms with E-state index in [-0.39, 0.29) is 6.04 Å². The van der Waals surface area contributed by atoms with E-state index in [4.69, 9.17) is 11.6 Å². The third-order valence-corrected chi connectivity index (χ3v) is 7.37. The van der Waals surface area contributed by atoms with Gasteiger partial charge in [-0.2, -0.15) is 16.1 Å². The van der Waals surface area contributed by atoms with Gasteiger partial charge in [0.2, 0.25) is 10.0 Å². The van der Waals surface area contributed by atoms with Crippen molar-refractivity contribution < 1.29 is 8.42 Å². The molecule has 4 nitrogen and oxygen atoms in total. The fraction of sp³-hybridized carbons (Fsp3) is 0.692. The van der Waals surface area contributed by atoms with Crippen LogP contribution in [0.2, 0.25) is 0 Å². The minimum Gasteiger partial charge on any atom is -0.346 e. The summed E-state index contributed by atoms with van der Waals surface area (Å²) in [4.78, 5) is 0.388. The lowest BCUT2D eigenvalue weighted by atomic mass is 10.3. The molecule has 112 valence electrons. The highest BCUT2D eigenvalue weighted by Gasteiger charge is 2.33. The zero-order chi connectivity index (χ0) is 14.3. The Morgan fingerprint density at radius 2 is 2.20 bits per heavy atom. The molecule has 1 saturated heterocycles. The molecule has 0 bridgehead atoms. The first-order chi connectivity index (χ1) is 9.54. The molecule has 0 aromatic carbocycles. The van der Waals surface area contributed by atoms with Crippen molar-refractivity contribution in [1.29, 1.82) is 0 Å². The van der Waals surface area contributed by atoms with Crippen molar-refractivity contribution in [2.45, 2.75) is 42.1 Å². The Kier molecular flexibility index (Phi) is 4.10. The standard InChI is InChI=1S/C13H19ClN2O2S2/c1-15(11-4-5-19-9-11)20(17,18)13-6-12(7-14)16(8-13)10-2-3-10/h6,8,10-11H,2-5,7,9H2,1H3. The quantitative estimate of drug-likeness (QED) is 0.777. The first-order valence-corrected chi connectivity index (χ1v) is 9.99. The molecule has 0 amide bonds. The Balaban J connectivity index is 1.90. The van der Waals surface area contributed by atoms with E-state index >= 15 is 0 Å². The zero-order valence-corrected chi connectivity index (χ0v) is 13.8. The maximum Gasteiger partial charge on any atom is 0.244 e. The smallest absolute Gasteiger partial charge is 0.244 e. The zero-order valence-electron chi connectivity index (χ0n) is 11.5. The van der Waals surface area contributed by atoms with Crippen molar-refractivity contribution in [1.82, 2.24) is 8.87 Å². The average Bonchev–Trinajstić information content (AvgIpc) is 2.97. The summed E-state index contributed by atoms with van der Waals surface area (Å²) in [6.45, 7) is 0. The molecule has 1 aliphatic heterocycles.